The molecule has 3 aromatic heterocycles. The van der Waals surface area contributed by atoms with Gasteiger partial charge in [0.05, 0.1) is 17.1 Å². The zero-order chi connectivity index (χ0) is 52.9. The Labute approximate surface area is 475 Å². The average Bonchev–Trinajstić information content (AvgIpc) is 1.13. The lowest BCUT2D eigenvalue weighted by molar-refractivity contribution is 1.33. The fourth-order valence-electron chi connectivity index (χ4n) is 12.2. The van der Waals surface area contributed by atoms with E-state index in [0.29, 0.717) is 0 Å². The van der Waals surface area contributed by atoms with Crippen molar-refractivity contribution in [3.05, 3.63) is 274 Å². The van der Waals surface area contributed by atoms with E-state index in [1.165, 1.54) is 0 Å². The third-order valence-corrected chi connectivity index (χ3v) is 30.5. The van der Waals surface area contributed by atoms with Crippen LogP contribution in [0.4, 0.5) is 17.1 Å². The van der Waals surface area contributed by atoms with Crippen LogP contribution in [-0.4, -0.2) is 15.0 Å². The Balaban J connectivity index is 1.12. The van der Waals surface area contributed by atoms with E-state index in [0.717, 1.165) is 132 Å². The van der Waals surface area contributed by atoms with Crippen molar-refractivity contribution in [2.24, 2.45) is 0 Å². The second-order valence-corrected chi connectivity index (χ2v) is 33.2. The van der Waals surface area contributed by atoms with Gasteiger partial charge in [0, 0.05) is 87.1 Å². The first-order chi connectivity index (χ1) is 38.8. The smallest absolute Gasteiger partial charge is 0.0644 e. The normalized spacial score (nSPS) is 18.2. The van der Waals surface area contributed by atoms with Crippen LogP contribution in [0.2, 0.25) is 0 Å². The zero-order valence-corrected chi connectivity index (χ0v) is 47.5. The summed E-state index contributed by atoms with van der Waals surface area (Å²) in [5, 5.41) is 10.2. The van der Waals surface area contributed by atoms with Crippen molar-refractivity contribution in [1.82, 2.24) is 15.0 Å². The molecule has 4 nitrogen and oxygen atoms in total. The SMILES string of the molecule is S=P1(c2ccccc2)c2cc(-c3cccc(-c4ccncc4)c3)cc3c2N2c4c1cc(-c1cccc(-c5ccncc5)c1)cc4P(=S)(c1ccccc1)c1cc(-c4cccc(-c5ccncc5)c4)cc(c12)P3(=S)c1ccccc1. The highest BCUT2D eigenvalue weighted by Crippen LogP contribution is 2.66. The number of hydrogen-bond donors (Lipinski definition) is 0. The Morgan fingerprint density at radius 3 is 0.696 bits per heavy atom. The molecule has 0 unspecified atom stereocenters. The first kappa shape index (κ1) is 48.3. The Bertz CT molecular complexity index is 4030. The van der Waals surface area contributed by atoms with Gasteiger partial charge in [0.2, 0.25) is 0 Å². The average molecular weight is 1120 g/mol. The second-order valence-electron chi connectivity index (χ2n) is 20.2. The Kier molecular flexibility index (Phi) is 11.6. The minimum absolute atomic E-state index is 1.08. The second kappa shape index (κ2) is 18.9. The minimum atomic E-state index is -3.01. The summed E-state index contributed by atoms with van der Waals surface area (Å²) < 4.78 is 0. The molecular weight excluding hydrogens is 1070 g/mol. The van der Waals surface area contributed by atoms with Crippen LogP contribution >= 0.6 is 18.1 Å². The van der Waals surface area contributed by atoms with E-state index in [1.54, 1.807) is 0 Å². The molecule has 3 aliphatic rings. The van der Waals surface area contributed by atoms with E-state index < -0.39 is 18.1 Å². The fraction of sp³-hybridized carbons (Fsp3) is 0. The van der Waals surface area contributed by atoms with Gasteiger partial charge in [-0.05, 0) is 174 Å². The molecule has 15 rings (SSSR count). The van der Waals surface area contributed by atoms with Gasteiger partial charge in [-0.3, -0.25) is 15.0 Å². The maximum absolute atomic E-state index is 7.76. The molecule has 79 heavy (non-hydrogen) atoms. The van der Waals surface area contributed by atoms with Crippen LogP contribution in [0.3, 0.4) is 0 Å². The highest BCUT2D eigenvalue weighted by molar-refractivity contribution is 8.28. The molecule has 0 aliphatic carbocycles. The third-order valence-electron chi connectivity index (χ3n) is 15.9. The first-order valence-electron chi connectivity index (χ1n) is 26.2. The van der Waals surface area contributed by atoms with Gasteiger partial charge in [-0.2, -0.15) is 0 Å². The van der Waals surface area contributed by atoms with Crippen molar-refractivity contribution in [3.8, 4) is 66.8 Å². The van der Waals surface area contributed by atoms with Crippen molar-refractivity contribution in [2.75, 3.05) is 4.90 Å². The van der Waals surface area contributed by atoms with Gasteiger partial charge < -0.3 is 4.90 Å². The van der Waals surface area contributed by atoms with Gasteiger partial charge in [0.25, 0.3) is 0 Å². The van der Waals surface area contributed by atoms with Crippen LogP contribution in [0, 0.1) is 0 Å². The van der Waals surface area contributed by atoms with E-state index in [9.17, 15) is 0 Å². The maximum atomic E-state index is 7.76. The van der Waals surface area contributed by atoms with Crippen molar-refractivity contribution in [2.45, 2.75) is 0 Å². The summed E-state index contributed by atoms with van der Waals surface area (Å²) in [6, 6.07) is 77.5. The van der Waals surface area contributed by atoms with Crippen LogP contribution in [0.25, 0.3) is 66.8 Å². The van der Waals surface area contributed by atoms with E-state index in [4.69, 9.17) is 35.4 Å². The molecule has 0 N–H and O–H groups in total. The van der Waals surface area contributed by atoms with Crippen LogP contribution < -0.4 is 52.6 Å². The summed E-state index contributed by atoms with van der Waals surface area (Å²) >= 11 is 23.3. The van der Waals surface area contributed by atoms with Crippen LogP contribution in [0.5, 0.6) is 0 Å². The lowest BCUT2D eigenvalue weighted by Crippen LogP contribution is -2.52. The molecule has 0 atom stereocenters. The molecule has 0 bridgehead atoms. The number of nitrogens with zero attached hydrogens (tertiary/aromatic N) is 4. The van der Waals surface area contributed by atoms with Crippen LogP contribution in [0.1, 0.15) is 0 Å². The first-order valence-corrected chi connectivity index (χ1v) is 34.6. The topological polar surface area (TPSA) is 41.9 Å². The lowest BCUT2D eigenvalue weighted by Gasteiger charge is -2.52. The van der Waals surface area contributed by atoms with Gasteiger partial charge in [-0.25, -0.2) is 0 Å². The Morgan fingerprint density at radius 2 is 0.456 bits per heavy atom. The molecule has 0 fully saturated rings. The predicted molar refractivity (Wildman–Crippen MR) is 346 cm³/mol. The van der Waals surface area contributed by atoms with E-state index in [1.807, 2.05) is 37.2 Å². The Hall–Kier alpha value is -7.82. The summed E-state index contributed by atoms with van der Waals surface area (Å²) in [4.78, 5) is 15.7. The van der Waals surface area contributed by atoms with Crippen molar-refractivity contribution < 1.29 is 0 Å². The summed E-state index contributed by atoms with van der Waals surface area (Å²) in [5.41, 5.74) is 16.5. The molecule has 12 aromatic rings. The number of aromatic nitrogens is 3. The molecule has 3 aliphatic heterocycles. The standard InChI is InChI=1S/C69H45N4P3S3/c77-74(58-19-4-1-5-20-58)61-40-55(52-16-10-13-49(37-52)46-25-31-70-32-26-46)42-63-67(61)73-68-62(74)41-56(53-17-11-14-50(38-53)47-27-33-71-34-28-47)43-64(68)76(79,60-23-8-3-9-24-60)66-45-57(54-18-12-15-51(39-54)48-29-35-72-36-30-48)44-65(69(66)73)75(63,78)59-21-6-2-7-22-59/h1-45H. The van der Waals surface area contributed by atoms with Gasteiger partial charge in [-0.1, -0.05) is 181 Å². The van der Waals surface area contributed by atoms with Crippen LogP contribution in [0.15, 0.2) is 274 Å². The molecule has 0 radical (unpaired) electrons. The predicted octanol–water partition coefficient (Wildman–Crippen LogP) is 13.6. The number of benzene rings is 9. The summed E-state index contributed by atoms with van der Waals surface area (Å²) in [7, 11) is 0. The molecule has 374 valence electrons. The van der Waals surface area contributed by atoms with Crippen molar-refractivity contribution >= 4 is 118 Å². The maximum Gasteiger partial charge on any atom is 0.0644 e. The van der Waals surface area contributed by atoms with Gasteiger partial charge >= 0.3 is 0 Å². The highest BCUT2D eigenvalue weighted by Gasteiger charge is 2.53. The Morgan fingerprint density at radius 1 is 0.228 bits per heavy atom. The minimum Gasteiger partial charge on any atom is -0.306 e. The quantitative estimate of drug-likeness (QED) is 0.133. The monoisotopic (exact) mass is 1120 g/mol. The molecule has 0 spiro atoms. The molecule has 9 aromatic carbocycles. The fourth-order valence-corrected chi connectivity index (χ4v) is 25.3. The van der Waals surface area contributed by atoms with Gasteiger partial charge in [0.1, 0.15) is 0 Å². The van der Waals surface area contributed by atoms with E-state index in [2.05, 4.69) is 256 Å². The highest BCUT2D eigenvalue weighted by atomic mass is 32.4. The summed E-state index contributed by atoms with van der Waals surface area (Å²) in [5.74, 6) is 0. The van der Waals surface area contributed by atoms with Crippen molar-refractivity contribution in [1.29, 1.82) is 0 Å². The van der Waals surface area contributed by atoms with E-state index >= 15 is 0 Å². The summed E-state index contributed by atoms with van der Waals surface area (Å²) in [6.45, 7) is 0. The molecular formula is C69H45N4P3S3. The molecule has 0 saturated heterocycles. The van der Waals surface area contributed by atoms with Crippen molar-refractivity contribution in [3.63, 3.8) is 0 Å². The largest absolute Gasteiger partial charge is 0.306 e. The number of rotatable bonds is 9. The zero-order valence-electron chi connectivity index (χ0n) is 42.3. The summed E-state index contributed by atoms with van der Waals surface area (Å²) in [6.07, 6.45) is 11.2. The number of pyridine rings is 3. The van der Waals surface area contributed by atoms with Gasteiger partial charge in [-0.15, -0.1) is 0 Å². The van der Waals surface area contributed by atoms with E-state index in [-0.39, 0.29) is 0 Å². The molecule has 0 saturated carbocycles. The molecule has 10 heteroatoms. The van der Waals surface area contributed by atoms with Crippen LogP contribution in [-0.2, 0) is 35.4 Å². The molecule has 0 amide bonds. The number of hydrogen-bond acceptors (Lipinski definition) is 7. The third kappa shape index (κ3) is 7.53. The number of anilines is 3. The lowest BCUT2D eigenvalue weighted by atomic mass is 9.97. The van der Waals surface area contributed by atoms with Gasteiger partial charge in [0.15, 0.2) is 0 Å². The molecule has 6 heterocycles.